The van der Waals surface area contributed by atoms with Crippen molar-refractivity contribution in [2.45, 2.75) is 26.3 Å². The summed E-state index contributed by atoms with van der Waals surface area (Å²) in [6, 6.07) is 10.1. The van der Waals surface area contributed by atoms with Gasteiger partial charge in [0.15, 0.2) is 0 Å². The van der Waals surface area contributed by atoms with E-state index in [0.717, 1.165) is 16.0 Å². The van der Waals surface area contributed by atoms with Crippen LogP contribution in [0.4, 0.5) is 16.2 Å². The molecular weight excluding hydrogens is 376 g/mol. The number of hydrogen-bond donors (Lipinski definition) is 2. The summed E-state index contributed by atoms with van der Waals surface area (Å²) in [4.78, 5) is 48.8. The van der Waals surface area contributed by atoms with Crippen LogP contribution in [0.2, 0.25) is 0 Å². The van der Waals surface area contributed by atoms with Gasteiger partial charge >= 0.3 is 6.03 Å². The summed E-state index contributed by atoms with van der Waals surface area (Å²) in [5.74, 6) is -1.11. The second-order valence-electron chi connectivity index (χ2n) is 7.05. The summed E-state index contributed by atoms with van der Waals surface area (Å²) >= 11 is 0. The van der Waals surface area contributed by atoms with Crippen LogP contribution in [0.25, 0.3) is 0 Å². The minimum atomic E-state index is -1.41. The molecule has 1 aliphatic heterocycles. The normalized spacial score (nSPS) is 18.5. The number of aryl methyl sites for hydroxylation is 1. The van der Waals surface area contributed by atoms with Crippen LogP contribution in [0.1, 0.15) is 23.6 Å². The Morgan fingerprint density at radius 1 is 1.17 bits per heavy atom. The molecule has 29 heavy (non-hydrogen) atoms. The lowest BCUT2D eigenvalue weighted by atomic mass is 9.92. The Kier molecular flexibility index (Phi) is 5.06. The first-order valence-corrected chi connectivity index (χ1v) is 8.88. The Balaban J connectivity index is 1.77. The maximum Gasteiger partial charge on any atom is 0.325 e. The van der Waals surface area contributed by atoms with Gasteiger partial charge in [0.1, 0.15) is 12.1 Å². The number of amides is 4. The van der Waals surface area contributed by atoms with Gasteiger partial charge in [-0.05, 0) is 55.7 Å². The number of hydrogen-bond acceptors (Lipinski definition) is 5. The highest BCUT2D eigenvalue weighted by Gasteiger charge is 2.49. The van der Waals surface area contributed by atoms with Gasteiger partial charge in [0.25, 0.3) is 11.6 Å². The Labute approximate surface area is 166 Å². The van der Waals surface area contributed by atoms with Crippen molar-refractivity contribution in [1.29, 1.82) is 0 Å². The third kappa shape index (κ3) is 3.66. The second kappa shape index (κ2) is 7.34. The number of carbonyl (C=O) groups is 3. The third-order valence-corrected chi connectivity index (χ3v) is 5.11. The lowest BCUT2D eigenvalue weighted by molar-refractivity contribution is -0.384. The van der Waals surface area contributed by atoms with Crippen molar-refractivity contribution >= 4 is 29.2 Å². The maximum absolute atomic E-state index is 12.9. The number of imide groups is 1. The van der Waals surface area contributed by atoms with Gasteiger partial charge in [0, 0.05) is 17.8 Å². The van der Waals surface area contributed by atoms with Crippen LogP contribution in [0.15, 0.2) is 42.5 Å². The Morgan fingerprint density at radius 3 is 2.45 bits per heavy atom. The third-order valence-electron chi connectivity index (χ3n) is 5.11. The van der Waals surface area contributed by atoms with Crippen LogP contribution in [0, 0.1) is 24.0 Å². The van der Waals surface area contributed by atoms with E-state index in [0.29, 0.717) is 11.3 Å². The first-order valence-electron chi connectivity index (χ1n) is 8.88. The van der Waals surface area contributed by atoms with Gasteiger partial charge in [0.05, 0.1) is 4.92 Å². The van der Waals surface area contributed by atoms with E-state index in [2.05, 4.69) is 10.6 Å². The fraction of sp³-hybridized carbons (Fsp3) is 0.250. The molecule has 2 aromatic rings. The van der Waals surface area contributed by atoms with Crippen molar-refractivity contribution in [2.75, 3.05) is 11.9 Å². The molecule has 1 saturated heterocycles. The van der Waals surface area contributed by atoms with Gasteiger partial charge in [-0.1, -0.05) is 12.1 Å². The van der Waals surface area contributed by atoms with Crippen LogP contribution >= 0.6 is 0 Å². The van der Waals surface area contributed by atoms with Crippen LogP contribution in [-0.4, -0.2) is 34.2 Å². The van der Waals surface area contributed by atoms with Crippen molar-refractivity contribution < 1.29 is 19.3 Å². The molecule has 0 saturated carbocycles. The smallest absolute Gasteiger partial charge is 0.324 e. The molecule has 0 spiro atoms. The quantitative estimate of drug-likeness (QED) is 0.457. The fourth-order valence-electron chi connectivity index (χ4n) is 3.17. The molecule has 9 heteroatoms. The maximum atomic E-state index is 12.9. The highest BCUT2D eigenvalue weighted by Crippen LogP contribution is 2.30. The first kappa shape index (κ1) is 20.0. The second-order valence-corrected chi connectivity index (χ2v) is 7.05. The number of benzene rings is 2. The number of nitrogens with one attached hydrogen (secondary N) is 2. The lowest BCUT2D eigenvalue weighted by Crippen LogP contribution is -2.42. The largest absolute Gasteiger partial charge is 0.325 e. The van der Waals surface area contributed by atoms with Crippen molar-refractivity contribution in [2.24, 2.45) is 0 Å². The average Bonchev–Trinajstić information content (AvgIpc) is 2.89. The highest BCUT2D eigenvalue weighted by molar-refractivity contribution is 6.10. The van der Waals surface area contributed by atoms with Gasteiger partial charge < -0.3 is 10.6 Å². The van der Waals surface area contributed by atoms with Crippen molar-refractivity contribution in [3.63, 3.8) is 0 Å². The molecule has 0 bridgehead atoms. The van der Waals surface area contributed by atoms with Crippen molar-refractivity contribution in [3.8, 4) is 0 Å². The summed E-state index contributed by atoms with van der Waals surface area (Å²) in [5.41, 5.74) is 1.36. The van der Waals surface area contributed by atoms with Crippen LogP contribution in [0.3, 0.4) is 0 Å². The Morgan fingerprint density at radius 2 is 1.83 bits per heavy atom. The molecule has 2 aromatic carbocycles. The SMILES string of the molecule is Cc1cccc(NC(=O)CN2C(=O)N[C@@](C)(c3ccc([N+](=O)[O-])cc3)C2=O)c1C. The lowest BCUT2D eigenvalue weighted by Gasteiger charge is -2.22. The standard InChI is InChI=1S/C20H20N4O5/c1-12-5-4-6-16(13(12)2)21-17(25)11-23-18(26)20(3,22-19(23)27)14-7-9-15(10-8-14)24(28)29/h4-10H,11H2,1-3H3,(H,21,25)(H,22,27)/t20-/m0/s1. The molecule has 3 rings (SSSR count). The molecule has 4 amide bonds. The zero-order valence-corrected chi connectivity index (χ0v) is 16.2. The van der Waals surface area contributed by atoms with Crippen LogP contribution in [0.5, 0.6) is 0 Å². The van der Waals surface area contributed by atoms with Gasteiger partial charge in [0.2, 0.25) is 5.91 Å². The van der Waals surface area contributed by atoms with E-state index in [1.54, 1.807) is 12.1 Å². The van der Waals surface area contributed by atoms with Crippen LogP contribution < -0.4 is 10.6 Å². The molecule has 0 unspecified atom stereocenters. The Hall–Kier alpha value is -3.75. The summed E-state index contributed by atoms with van der Waals surface area (Å²) in [7, 11) is 0. The monoisotopic (exact) mass is 396 g/mol. The Bertz CT molecular complexity index is 1020. The number of non-ortho nitro benzene ring substituents is 1. The number of rotatable bonds is 5. The molecule has 0 radical (unpaired) electrons. The zero-order valence-electron chi connectivity index (χ0n) is 16.2. The van der Waals surface area contributed by atoms with Crippen molar-refractivity contribution in [3.05, 3.63) is 69.3 Å². The summed E-state index contributed by atoms with van der Waals surface area (Å²) in [6.45, 7) is 4.83. The predicted molar refractivity (Wildman–Crippen MR) is 105 cm³/mol. The highest BCUT2D eigenvalue weighted by atomic mass is 16.6. The number of nitro groups is 1. The molecule has 9 nitrogen and oxygen atoms in total. The topological polar surface area (TPSA) is 122 Å². The first-order chi connectivity index (χ1) is 13.6. The average molecular weight is 396 g/mol. The molecular formula is C20H20N4O5. The van der Waals surface area contributed by atoms with E-state index in [9.17, 15) is 24.5 Å². The molecule has 1 heterocycles. The molecule has 0 aromatic heterocycles. The summed E-state index contributed by atoms with van der Waals surface area (Å²) < 4.78 is 0. The van der Waals surface area contributed by atoms with Crippen molar-refractivity contribution in [1.82, 2.24) is 10.2 Å². The molecule has 1 fully saturated rings. The fourth-order valence-corrected chi connectivity index (χ4v) is 3.17. The van der Waals surface area contributed by atoms with E-state index in [4.69, 9.17) is 0 Å². The minimum absolute atomic E-state index is 0.126. The van der Waals surface area contributed by atoms with Gasteiger partial charge in [-0.15, -0.1) is 0 Å². The molecule has 2 N–H and O–H groups in total. The summed E-state index contributed by atoms with van der Waals surface area (Å²) in [5, 5.41) is 16.1. The number of anilines is 1. The minimum Gasteiger partial charge on any atom is -0.324 e. The van der Waals surface area contributed by atoms with E-state index in [-0.39, 0.29) is 5.69 Å². The predicted octanol–water partition coefficient (Wildman–Crippen LogP) is 2.62. The van der Waals surface area contributed by atoms with Gasteiger partial charge in [-0.2, -0.15) is 0 Å². The van der Waals surface area contributed by atoms with Gasteiger partial charge in [-0.3, -0.25) is 24.6 Å². The zero-order chi connectivity index (χ0) is 21.3. The molecule has 1 aliphatic rings. The van der Waals surface area contributed by atoms with E-state index >= 15 is 0 Å². The molecule has 150 valence electrons. The molecule has 0 aliphatic carbocycles. The number of urea groups is 1. The van der Waals surface area contributed by atoms with Gasteiger partial charge in [-0.25, -0.2) is 4.79 Å². The summed E-state index contributed by atoms with van der Waals surface area (Å²) in [6.07, 6.45) is 0. The number of nitro benzene ring substituents is 1. The van der Waals surface area contributed by atoms with E-state index in [1.165, 1.54) is 31.2 Å². The van der Waals surface area contributed by atoms with Crippen LogP contribution in [-0.2, 0) is 15.1 Å². The molecule has 1 atom stereocenters. The number of carbonyl (C=O) groups excluding carboxylic acids is 3. The van der Waals surface area contributed by atoms with E-state index in [1.807, 2.05) is 19.9 Å². The number of nitrogens with zero attached hydrogens (tertiary/aromatic N) is 2. The van der Waals surface area contributed by atoms with E-state index < -0.39 is 34.9 Å².